The van der Waals surface area contributed by atoms with Crippen molar-refractivity contribution >= 4 is 34.5 Å². The number of halogens is 1. The van der Waals surface area contributed by atoms with Crippen molar-refractivity contribution in [3.8, 4) is 10.6 Å². The van der Waals surface area contributed by atoms with Crippen LogP contribution in [0.25, 0.3) is 10.6 Å². The number of thiazole rings is 1. The molecule has 0 spiro atoms. The Morgan fingerprint density at radius 2 is 1.84 bits per heavy atom. The molecule has 1 N–H and O–H groups in total. The smallest absolute Gasteiger partial charge is 0.230 e. The van der Waals surface area contributed by atoms with Crippen molar-refractivity contribution < 1.29 is 4.79 Å². The van der Waals surface area contributed by atoms with Gasteiger partial charge >= 0.3 is 0 Å². The van der Waals surface area contributed by atoms with Crippen molar-refractivity contribution in [3.63, 3.8) is 0 Å². The van der Waals surface area contributed by atoms with Gasteiger partial charge in [0, 0.05) is 10.9 Å². The Labute approximate surface area is 156 Å². The molecule has 0 bridgehead atoms. The van der Waals surface area contributed by atoms with E-state index in [1.165, 1.54) is 5.56 Å². The summed E-state index contributed by atoms with van der Waals surface area (Å²) in [6.07, 6.45) is 0.228. The van der Waals surface area contributed by atoms with Gasteiger partial charge < -0.3 is 5.32 Å². The molecule has 0 aliphatic carbocycles. The molecule has 1 aromatic heterocycles. The molecule has 0 aliphatic rings. The Bertz CT molecular complexity index is 893. The van der Waals surface area contributed by atoms with Crippen molar-refractivity contribution in [3.05, 3.63) is 69.2 Å². The maximum absolute atomic E-state index is 12.4. The number of amides is 1. The van der Waals surface area contributed by atoms with Gasteiger partial charge in [-0.25, -0.2) is 4.98 Å². The van der Waals surface area contributed by atoms with Crippen LogP contribution in [0.2, 0.25) is 5.02 Å². The molecule has 0 saturated heterocycles. The molecule has 0 radical (unpaired) electrons. The summed E-state index contributed by atoms with van der Waals surface area (Å²) in [5, 5.41) is 6.32. The van der Waals surface area contributed by atoms with Gasteiger partial charge in [-0.2, -0.15) is 0 Å². The SMILES string of the molecule is Cc1ccc(-c2nc(CC(=O)Nc3c(C)cc(C)cc3Cl)cs2)cc1. The second-order valence-corrected chi connectivity index (χ2v) is 7.44. The summed E-state index contributed by atoms with van der Waals surface area (Å²) in [4.78, 5) is 16.9. The van der Waals surface area contributed by atoms with E-state index < -0.39 is 0 Å². The lowest BCUT2D eigenvalue weighted by molar-refractivity contribution is -0.115. The molecule has 3 aromatic rings. The average molecular weight is 371 g/mol. The maximum Gasteiger partial charge on any atom is 0.230 e. The molecule has 0 fully saturated rings. The first-order chi connectivity index (χ1) is 11.9. The molecule has 1 heterocycles. The number of nitrogens with zero attached hydrogens (tertiary/aromatic N) is 1. The third-order valence-electron chi connectivity index (χ3n) is 3.89. The van der Waals surface area contributed by atoms with E-state index in [0.717, 1.165) is 27.4 Å². The number of carbonyl (C=O) groups is 1. The van der Waals surface area contributed by atoms with Crippen LogP contribution in [-0.4, -0.2) is 10.9 Å². The van der Waals surface area contributed by atoms with Gasteiger partial charge in [0.2, 0.25) is 5.91 Å². The van der Waals surface area contributed by atoms with E-state index in [1.54, 1.807) is 11.3 Å². The number of benzene rings is 2. The van der Waals surface area contributed by atoms with Crippen LogP contribution in [-0.2, 0) is 11.2 Å². The number of carbonyl (C=O) groups excluding carboxylic acids is 1. The summed E-state index contributed by atoms with van der Waals surface area (Å²) >= 11 is 7.80. The van der Waals surface area contributed by atoms with Crippen molar-refractivity contribution in [1.82, 2.24) is 4.98 Å². The van der Waals surface area contributed by atoms with Gasteiger partial charge in [0.25, 0.3) is 0 Å². The summed E-state index contributed by atoms with van der Waals surface area (Å²) in [6, 6.07) is 12.1. The minimum Gasteiger partial charge on any atom is -0.324 e. The number of nitrogens with one attached hydrogen (secondary N) is 1. The van der Waals surface area contributed by atoms with Crippen LogP contribution in [0.5, 0.6) is 0 Å². The van der Waals surface area contributed by atoms with Crippen LogP contribution in [0, 0.1) is 20.8 Å². The van der Waals surface area contributed by atoms with Crippen LogP contribution >= 0.6 is 22.9 Å². The average Bonchev–Trinajstić information content (AvgIpc) is 3.00. The fraction of sp³-hybridized carbons (Fsp3) is 0.200. The third kappa shape index (κ3) is 4.27. The van der Waals surface area contributed by atoms with E-state index in [1.807, 2.05) is 43.5 Å². The molecule has 128 valence electrons. The molecule has 0 unspecified atom stereocenters. The molecule has 0 saturated carbocycles. The van der Waals surface area contributed by atoms with Gasteiger partial charge in [-0.05, 0) is 38.0 Å². The highest BCUT2D eigenvalue weighted by Crippen LogP contribution is 2.28. The Kier molecular flexibility index (Phi) is 5.21. The van der Waals surface area contributed by atoms with Crippen LogP contribution in [0.4, 0.5) is 5.69 Å². The quantitative estimate of drug-likeness (QED) is 0.652. The van der Waals surface area contributed by atoms with E-state index >= 15 is 0 Å². The number of aryl methyl sites for hydroxylation is 3. The first-order valence-electron chi connectivity index (χ1n) is 8.00. The lowest BCUT2D eigenvalue weighted by atomic mass is 10.1. The van der Waals surface area contributed by atoms with Gasteiger partial charge in [-0.3, -0.25) is 4.79 Å². The number of hydrogen-bond donors (Lipinski definition) is 1. The Hall–Kier alpha value is -2.17. The standard InChI is InChI=1S/C20H19ClN2OS/c1-12-4-6-15(7-5-12)20-22-16(11-25-20)10-18(24)23-19-14(3)8-13(2)9-17(19)21/h4-9,11H,10H2,1-3H3,(H,23,24). The normalized spacial score (nSPS) is 10.7. The van der Waals surface area contributed by atoms with Crippen molar-refractivity contribution in [1.29, 1.82) is 0 Å². The minimum absolute atomic E-state index is 0.116. The predicted molar refractivity (Wildman–Crippen MR) is 106 cm³/mol. The van der Waals surface area contributed by atoms with Crippen molar-refractivity contribution in [2.24, 2.45) is 0 Å². The summed E-state index contributed by atoms with van der Waals surface area (Å²) in [5.74, 6) is -0.116. The topological polar surface area (TPSA) is 42.0 Å². The molecule has 1 amide bonds. The van der Waals surface area contributed by atoms with Crippen LogP contribution < -0.4 is 5.32 Å². The lowest BCUT2D eigenvalue weighted by Crippen LogP contribution is -2.15. The molecular weight excluding hydrogens is 352 g/mol. The second-order valence-electron chi connectivity index (χ2n) is 6.17. The number of rotatable bonds is 4. The highest BCUT2D eigenvalue weighted by atomic mass is 35.5. The molecule has 0 aliphatic heterocycles. The van der Waals surface area contributed by atoms with Crippen molar-refractivity contribution in [2.75, 3.05) is 5.32 Å². The second kappa shape index (κ2) is 7.38. The summed E-state index contributed by atoms with van der Waals surface area (Å²) in [6.45, 7) is 5.97. The van der Waals surface area contributed by atoms with Gasteiger partial charge in [0.05, 0.1) is 22.8 Å². The Morgan fingerprint density at radius 1 is 1.12 bits per heavy atom. The molecule has 3 rings (SSSR count). The van der Waals surface area contributed by atoms with Gasteiger partial charge in [-0.15, -0.1) is 11.3 Å². The van der Waals surface area contributed by atoms with Crippen molar-refractivity contribution in [2.45, 2.75) is 27.2 Å². The number of aromatic nitrogens is 1. The zero-order chi connectivity index (χ0) is 18.0. The predicted octanol–water partition coefficient (Wildman–Crippen LogP) is 5.57. The fourth-order valence-corrected chi connectivity index (χ4v) is 3.83. The summed E-state index contributed by atoms with van der Waals surface area (Å²) < 4.78 is 0. The monoisotopic (exact) mass is 370 g/mol. The molecule has 25 heavy (non-hydrogen) atoms. The van der Waals surface area contributed by atoms with Gasteiger partial charge in [0.1, 0.15) is 5.01 Å². The fourth-order valence-electron chi connectivity index (χ4n) is 2.64. The van der Waals surface area contributed by atoms with E-state index in [9.17, 15) is 4.79 Å². The number of hydrogen-bond acceptors (Lipinski definition) is 3. The van der Waals surface area contributed by atoms with Crippen LogP contribution in [0.1, 0.15) is 22.4 Å². The maximum atomic E-state index is 12.4. The summed E-state index contributed by atoms with van der Waals surface area (Å²) in [7, 11) is 0. The highest BCUT2D eigenvalue weighted by molar-refractivity contribution is 7.13. The van der Waals surface area contributed by atoms with Crippen LogP contribution in [0.3, 0.4) is 0 Å². The first kappa shape index (κ1) is 17.6. The molecule has 5 heteroatoms. The zero-order valence-electron chi connectivity index (χ0n) is 14.4. The Morgan fingerprint density at radius 3 is 2.52 bits per heavy atom. The van der Waals surface area contributed by atoms with E-state index in [-0.39, 0.29) is 12.3 Å². The lowest BCUT2D eigenvalue weighted by Gasteiger charge is -2.11. The highest BCUT2D eigenvalue weighted by Gasteiger charge is 2.12. The van der Waals surface area contributed by atoms with E-state index in [2.05, 4.69) is 29.4 Å². The minimum atomic E-state index is -0.116. The van der Waals surface area contributed by atoms with Gasteiger partial charge in [0.15, 0.2) is 0 Å². The summed E-state index contributed by atoms with van der Waals surface area (Å²) in [5.41, 5.74) is 5.75. The molecule has 0 atom stereocenters. The molecule has 2 aromatic carbocycles. The number of anilines is 1. The Balaban J connectivity index is 1.71. The van der Waals surface area contributed by atoms with E-state index in [0.29, 0.717) is 10.7 Å². The van der Waals surface area contributed by atoms with Crippen LogP contribution in [0.15, 0.2) is 41.8 Å². The van der Waals surface area contributed by atoms with E-state index in [4.69, 9.17) is 11.6 Å². The van der Waals surface area contributed by atoms with Gasteiger partial charge in [-0.1, -0.05) is 47.5 Å². The zero-order valence-corrected chi connectivity index (χ0v) is 16.0. The molecular formula is C20H19ClN2OS. The largest absolute Gasteiger partial charge is 0.324 e. The first-order valence-corrected chi connectivity index (χ1v) is 9.26. The third-order valence-corrected chi connectivity index (χ3v) is 5.13. The molecule has 3 nitrogen and oxygen atoms in total.